The zero-order valence-corrected chi connectivity index (χ0v) is 59.9. The van der Waals surface area contributed by atoms with Gasteiger partial charge in [-0.3, -0.25) is 57.5 Å². The molecule has 1 aliphatic heterocycles. The second kappa shape index (κ2) is 39.1. The number of unbranched alkanes of at least 4 members (excludes halogenated alkanes) is 1. The third-order valence-electron chi connectivity index (χ3n) is 17.0. The fourth-order valence-electron chi connectivity index (χ4n) is 11.2. The number of likely N-dealkylation sites (N-methyl/N-ethyl adjacent to an activating group) is 7. The van der Waals surface area contributed by atoms with E-state index in [1.54, 1.807) is 67.5 Å². The molecular weight excluding hydrogens is 1190 g/mol. The minimum atomic E-state index is -1.65. The lowest BCUT2D eigenvalue weighted by Crippen LogP contribution is -2.63. The number of aliphatic hydroxyl groups excluding tert-OH is 1. The van der Waals surface area contributed by atoms with Gasteiger partial charge in [-0.15, -0.1) is 0 Å². The summed E-state index contributed by atoms with van der Waals surface area (Å²) in [5, 5.41) is 23.1. The van der Waals surface area contributed by atoms with Crippen LogP contribution in [0.1, 0.15) is 163 Å². The van der Waals surface area contributed by atoms with Crippen LogP contribution in [0.2, 0.25) is 0 Å². The maximum atomic E-state index is 15.2. The van der Waals surface area contributed by atoms with E-state index in [0.29, 0.717) is 12.8 Å². The Balaban J connectivity index is 4.38. The molecule has 5 N–H and O–H groups in total. The second-order valence-electron chi connectivity index (χ2n) is 27.0. The van der Waals surface area contributed by atoms with Crippen molar-refractivity contribution in [1.82, 2.24) is 55.6 Å². The smallest absolute Gasteiger partial charge is 0.302 e. The number of amides is 11. The zero-order valence-electron chi connectivity index (χ0n) is 59.9. The third-order valence-corrected chi connectivity index (χ3v) is 17.0. The highest BCUT2D eigenvalue weighted by atomic mass is 16.5. The Morgan fingerprint density at radius 1 is 0.533 bits per heavy atom. The monoisotopic (exact) mass is 1300 g/mol. The van der Waals surface area contributed by atoms with E-state index in [0.717, 1.165) is 14.7 Å². The number of carbonyl (C=O) groups excluding carboxylic acids is 12. The van der Waals surface area contributed by atoms with Crippen molar-refractivity contribution in [2.45, 2.75) is 235 Å². The molecule has 92 heavy (non-hydrogen) atoms. The number of hydrogen-bond donors (Lipinski definition) is 5. The second-order valence-corrected chi connectivity index (χ2v) is 27.0. The maximum absolute atomic E-state index is 15.2. The van der Waals surface area contributed by atoms with Crippen LogP contribution < -0.4 is 21.3 Å². The van der Waals surface area contributed by atoms with Crippen LogP contribution in [0.25, 0.3) is 0 Å². The quantitative estimate of drug-likeness (QED) is 0.0665. The summed E-state index contributed by atoms with van der Waals surface area (Å²) in [5.74, 6) is -10.8. The highest BCUT2D eigenvalue weighted by molar-refractivity contribution is 5.99. The Bertz CT molecular complexity index is 2530. The van der Waals surface area contributed by atoms with Crippen molar-refractivity contribution < 1.29 is 72.1 Å². The molecule has 1 fully saturated rings. The van der Waals surface area contributed by atoms with E-state index in [4.69, 9.17) is 9.47 Å². The van der Waals surface area contributed by atoms with E-state index in [9.17, 15) is 48.3 Å². The lowest BCUT2D eigenvalue weighted by molar-refractivity contribution is -0.157. The number of allylic oxidation sites excluding steroid dienone is 2. The lowest BCUT2D eigenvalue weighted by Gasteiger charge is -2.41. The standard InChI is InChI=1S/C66H117N11O15/c1-25-27-30-42(13)56(80)55-60(84)69-47(26-2)62(86)71(18)36-51(79)75(22)54(45(16)91-31-28-29-32-92-46(17)78)59(83)70-52(40(9)10)65(89)72(19)48(33-37(3)4)58(82)67-43(14)57(81)68-44(15)61(85)73(20)49(34-38(5)6)63(87)74(21)50(35-39(7)8)64(88)76(23)53(41(11)12)66(90)77(55)24/h25,27,37-45,47-50,52-56,80H,26,28-36H2,1-24H3,(H,67,82)(H,68,81)(H,69,84)(H,70,83)/b27-25+/t42-,43+,44-,45-,47+,48+,49+,50-,52+,53+,54+,55+,56-/m1/s1. The molecule has 26 nitrogen and oxygen atoms in total. The summed E-state index contributed by atoms with van der Waals surface area (Å²) < 4.78 is 11.2. The number of rotatable bonds is 20. The average Bonchev–Trinajstić information content (AvgIpc) is 0.831. The van der Waals surface area contributed by atoms with Gasteiger partial charge in [0.2, 0.25) is 65.0 Å². The largest absolute Gasteiger partial charge is 0.466 e. The molecule has 0 aromatic carbocycles. The molecule has 1 saturated heterocycles. The molecule has 0 spiro atoms. The summed E-state index contributed by atoms with van der Waals surface area (Å²) in [4.78, 5) is 181. The Morgan fingerprint density at radius 3 is 1.49 bits per heavy atom. The molecule has 26 heteroatoms. The first kappa shape index (κ1) is 83.3. The fourth-order valence-corrected chi connectivity index (χ4v) is 11.2. The number of nitrogens with one attached hydrogen (secondary N) is 4. The lowest BCUT2D eigenvalue weighted by atomic mass is 9.91. The fraction of sp³-hybridized carbons (Fsp3) is 0.788. The summed E-state index contributed by atoms with van der Waals surface area (Å²) >= 11 is 0. The predicted molar refractivity (Wildman–Crippen MR) is 350 cm³/mol. The molecule has 0 unspecified atom stereocenters. The third kappa shape index (κ3) is 24.3. The summed E-state index contributed by atoms with van der Waals surface area (Å²) in [7, 11) is 9.70. The van der Waals surface area contributed by atoms with Crippen LogP contribution in [0.5, 0.6) is 0 Å². The summed E-state index contributed by atoms with van der Waals surface area (Å²) in [5.41, 5.74) is 0. The van der Waals surface area contributed by atoms with E-state index < -0.39 is 168 Å². The van der Waals surface area contributed by atoms with Gasteiger partial charge in [0.1, 0.15) is 60.4 Å². The molecule has 0 aromatic heterocycles. The first-order chi connectivity index (χ1) is 42.6. The summed E-state index contributed by atoms with van der Waals surface area (Å²) in [6.45, 7) is 28.2. The molecule has 0 radical (unpaired) electrons. The van der Waals surface area contributed by atoms with Crippen LogP contribution in [0.4, 0.5) is 0 Å². The molecule has 0 aliphatic carbocycles. The first-order valence-corrected chi connectivity index (χ1v) is 32.7. The molecule has 1 rings (SSSR count). The number of esters is 1. The Morgan fingerprint density at radius 2 is 1.00 bits per heavy atom. The number of hydrogen-bond acceptors (Lipinski definition) is 15. The molecule has 0 aromatic rings. The molecule has 13 atom stereocenters. The van der Waals surface area contributed by atoms with Crippen LogP contribution in [-0.2, 0) is 67.0 Å². The number of aliphatic hydroxyl groups is 1. The van der Waals surface area contributed by atoms with Gasteiger partial charge in [-0.25, -0.2) is 0 Å². The maximum Gasteiger partial charge on any atom is 0.302 e. The Kier molecular flexibility index (Phi) is 35.4. The van der Waals surface area contributed by atoms with Gasteiger partial charge in [0.15, 0.2) is 0 Å². The Labute approximate surface area is 548 Å². The number of carbonyl (C=O) groups is 12. The van der Waals surface area contributed by atoms with Gasteiger partial charge in [-0.05, 0) is 108 Å². The van der Waals surface area contributed by atoms with Crippen molar-refractivity contribution in [1.29, 1.82) is 0 Å². The molecule has 11 amide bonds. The number of ether oxygens (including phenoxy) is 2. The minimum absolute atomic E-state index is 0.0238. The van der Waals surface area contributed by atoms with Crippen LogP contribution in [0.3, 0.4) is 0 Å². The molecule has 0 bridgehead atoms. The van der Waals surface area contributed by atoms with Crippen molar-refractivity contribution in [2.75, 3.05) is 69.1 Å². The molecule has 526 valence electrons. The van der Waals surface area contributed by atoms with Gasteiger partial charge in [0, 0.05) is 62.9 Å². The molecular formula is C66H117N11O15. The van der Waals surface area contributed by atoms with Gasteiger partial charge in [0.05, 0.1) is 25.4 Å². The SMILES string of the molecule is C/C=C/C[C@@H](C)[C@@H](O)[C@H]1C(=O)N[C@@H](CC)C(=O)N(C)CC(=O)N(C)[C@@H]([C@@H](C)OCCCCOC(C)=O)C(=O)N[C@@H](C(C)C)C(=O)N(C)[C@@H](CC(C)C)C(=O)N[C@@H](C)C(=O)N[C@H](C)C(=O)N(C)[C@@H](CC(C)C)C(=O)N(C)[C@H](CC(C)C)C(=O)N(C)[C@@H](C(C)C)C(=O)N1C. The molecule has 1 heterocycles. The van der Waals surface area contributed by atoms with Crippen molar-refractivity contribution in [3.05, 3.63) is 12.2 Å². The van der Waals surface area contributed by atoms with Crippen molar-refractivity contribution in [3.63, 3.8) is 0 Å². The van der Waals surface area contributed by atoms with E-state index in [1.807, 2.05) is 41.5 Å². The van der Waals surface area contributed by atoms with E-state index in [1.165, 1.54) is 89.7 Å². The van der Waals surface area contributed by atoms with Crippen molar-refractivity contribution >= 4 is 70.9 Å². The predicted octanol–water partition coefficient (Wildman–Crippen LogP) is 2.97. The topological polar surface area (TPSA) is 314 Å². The van der Waals surface area contributed by atoms with Crippen molar-refractivity contribution in [2.24, 2.45) is 35.5 Å². The average molecular weight is 1300 g/mol. The van der Waals surface area contributed by atoms with Gasteiger partial charge in [0.25, 0.3) is 0 Å². The van der Waals surface area contributed by atoms with E-state index in [-0.39, 0.29) is 63.1 Å². The highest BCUT2D eigenvalue weighted by Gasteiger charge is 2.46. The minimum Gasteiger partial charge on any atom is -0.466 e. The molecule has 1 aliphatic rings. The van der Waals surface area contributed by atoms with E-state index in [2.05, 4.69) is 21.3 Å². The van der Waals surface area contributed by atoms with Crippen LogP contribution >= 0.6 is 0 Å². The Hall–Kier alpha value is -6.70. The molecule has 0 saturated carbocycles. The normalized spacial score (nSPS) is 26.0. The zero-order chi connectivity index (χ0) is 71.1. The first-order valence-electron chi connectivity index (χ1n) is 32.7. The van der Waals surface area contributed by atoms with Gasteiger partial charge < -0.3 is 70.1 Å². The summed E-state index contributed by atoms with van der Waals surface area (Å²) in [6.07, 6.45) is 2.42. The van der Waals surface area contributed by atoms with Gasteiger partial charge in [-0.1, -0.05) is 95.2 Å². The van der Waals surface area contributed by atoms with Crippen molar-refractivity contribution in [3.8, 4) is 0 Å². The van der Waals surface area contributed by atoms with Gasteiger partial charge in [-0.2, -0.15) is 0 Å². The van der Waals surface area contributed by atoms with Gasteiger partial charge >= 0.3 is 5.97 Å². The van der Waals surface area contributed by atoms with Crippen LogP contribution in [0.15, 0.2) is 12.2 Å². The van der Waals surface area contributed by atoms with Crippen LogP contribution in [-0.4, -0.2) is 252 Å². The highest BCUT2D eigenvalue weighted by Crippen LogP contribution is 2.26. The number of nitrogens with zero attached hydrogens (tertiary/aromatic N) is 7. The van der Waals surface area contributed by atoms with Crippen LogP contribution in [0, 0.1) is 35.5 Å². The summed E-state index contributed by atoms with van der Waals surface area (Å²) in [6, 6.07) is -13.1. The van der Waals surface area contributed by atoms with E-state index >= 15 is 14.4 Å².